The summed E-state index contributed by atoms with van der Waals surface area (Å²) in [6.45, 7) is 0. The highest BCUT2D eigenvalue weighted by molar-refractivity contribution is 7.99. The van der Waals surface area contributed by atoms with Crippen LogP contribution in [0, 0.1) is 0 Å². The lowest BCUT2D eigenvalue weighted by atomic mass is 10.3. The molecule has 15 heavy (non-hydrogen) atoms. The Bertz CT molecular complexity index is 326. The highest BCUT2D eigenvalue weighted by Gasteiger charge is 2.04. The molecule has 0 radical (unpaired) electrons. The Kier molecular flexibility index (Phi) is 5.04. The number of hydrogen-bond acceptors (Lipinski definition) is 4. The molecular formula is C11H14O3S. The predicted molar refractivity (Wildman–Crippen MR) is 61.0 cm³/mol. The summed E-state index contributed by atoms with van der Waals surface area (Å²) in [5, 5.41) is 0. The molecule has 0 saturated heterocycles. The quantitative estimate of drug-likeness (QED) is 0.424. The van der Waals surface area contributed by atoms with Crippen molar-refractivity contribution in [1.82, 2.24) is 0 Å². The lowest BCUT2D eigenvalue weighted by molar-refractivity contribution is -0.107. The Morgan fingerprint density at radius 2 is 2.13 bits per heavy atom. The van der Waals surface area contributed by atoms with Crippen molar-refractivity contribution < 1.29 is 14.3 Å². The zero-order chi connectivity index (χ0) is 11.1. The summed E-state index contributed by atoms with van der Waals surface area (Å²) in [6, 6.07) is 5.62. The van der Waals surface area contributed by atoms with E-state index in [0.717, 1.165) is 28.4 Å². The van der Waals surface area contributed by atoms with E-state index in [2.05, 4.69) is 0 Å². The minimum atomic E-state index is 0.547. The fourth-order valence-electron chi connectivity index (χ4n) is 1.11. The molecule has 3 nitrogen and oxygen atoms in total. The summed E-state index contributed by atoms with van der Waals surface area (Å²) in [6.07, 6.45) is 1.46. The fourth-order valence-corrected chi connectivity index (χ4v) is 2.04. The summed E-state index contributed by atoms with van der Waals surface area (Å²) in [5.74, 6) is 2.36. The van der Waals surface area contributed by atoms with E-state index in [1.54, 1.807) is 26.0 Å². The molecule has 0 N–H and O–H groups in total. The van der Waals surface area contributed by atoms with Crippen molar-refractivity contribution in [1.29, 1.82) is 0 Å². The summed E-state index contributed by atoms with van der Waals surface area (Å²) >= 11 is 1.59. The lowest BCUT2D eigenvalue weighted by Crippen LogP contribution is -1.90. The van der Waals surface area contributed by atoms with Crippen molar-refractivity contribution in [3.05, 3.63) is 18.2 Å². The second kappa shape index (κ2) is 6.35. The number of hydrogen-bond donors (Lipinski definition) is 0. The standard InChI is InChI=1S/C11H14O3S/c1-13-9-4-5-10(14-2)11(8-9)15-7-3-6-12/h4-6,8H,3,7H2,1-2H3. The molecule has 0 heterocycles. The van der Waals surface area contributed by atoms with E-state index < -0.39 is 0 Å². The van der Waals surface area contributed by atoms with Gasteiger partial charge in [0, 0.05) is 12.2 Å². The summed E-state index contributed by atoms with van der Waals surface area (Å²) in [5.41, 5.74) is 0. The Labute approximate surface area is 93.8 Å². The van der Waals surface area contributed by atoms with Gasteiger partial charge in [-0.3, -0.25) is 0 Å². The van der Waals surface area contributed by atoms with Crippen molar-refractivity contribution in [2.45, 2.75) is 11.3 Å². The number of methoxy groups -OCH3 is 2. The van der Waals surface area contributed by atoms with Crippen LogP contribution in [0.4, 0.5) is 0 Å². The van der Waals surface area contributed by atoms with Gasteiger partial charge in [0.2, 0.25) is 0 Å². The Morgan fingerprint density at radius 3 is 2.73 bits per heavy atom. The Balaban J connectivity index is 2.76. The normalized spacial score (nSPS) is 9.73. The molecule has 0 aromatic heterocycles. The third-order valence-electron chi connectivity index (χ3n) is 1.86. The van der Waals surface area contributed by atoms with Crippen LogP contribution < -0.4 is 9.47 Å². The van der Waals surface area contributed by atoms with E-state index in [9.17, 15) is 4.79 Å². The van der Waals surface area contributed by atoms with Crippen LogP contribution in [0.15, 0.2) is 23.1 Å². The van der Waals surface area contributed by atoms with E-state index in [0.29, 0.717) is 6.42 Å². The first-order valence-corrected chi connectivity index (χ1v) is 5.59. The molecule has 0 saturated carbocycles. The minimum Gasteiger partial charge on any atom is -0.497 e. The first kappa shape index (κ1) is 11.9. The maximum atomic E-state index is 10.2. The molecule has 0 aliphatic heterocycles. The highest BCUT2D eigenvalue weighted by atomic mass is 32.2. The molecule has 1 rings (SSSR count). The van der Waals surface area contributed by atoms with Gasteiger partial charge < -0.3 is 14.3 Å². The van der Waals surface area contributed by atoms with Crippen molar-refractivity contribution in [2.24, 2.45) is 0 Å². The van der Waals surface area contributed by atoms with Gasteiger partial charge in [0.15, 0.2) is 0 Å². The second-order valence-corrected chi connectivity index (χ2v) is 3.96. The van der Waals surface area contributed by atoms with Gasteiger partial charge >= 0.3 is 0 Å². The molecule has 0 atom stereocenters. The zero-order valence-electron chi connectivity index (χ0n) is 8.86. The van der Waals surface area contributed by atoms with E-state index in [1.165, 1.54) is 0 Å². The van der Waals surface area contributed by atoms with Crippen LogP contribution in [0.5, 0.6) is 11.5 Å². The first-order chi connectivity index (χ1) is 7.31. The maximum Gasteiger partial charge on any atom is 0.132 e. The molecule has 1 aromatic rings. The molecular weight excluding hydrogens is 212 g/mol. The van der Waals surface area contributed by atoms with E-state index >= 15 is 0 Å². The topological polar surface area (TPSA) is 35.5 Å². The summed E-state index contributed by atoms with van der Waals surface area (Å²) in [7, 11) is 3.26. The molecule has 0 amide bonds. The molecule has 0 aliphatic rings. The Morgan fingerprint density at radius 1 is 1.33 bits per heavy atom. The van der Waals surface area contributed by atoms with Crippen LogP contribution in [0.3, 0.4) is 0 Å². The van der Waals surface area contributed by atoms with Crippen molar-refractivity contribution in [3.63, 3.8) is 0 Å². The average molecular weight is 226 g/mol. The number of rotatable bonds is 6. The molecule has 0 aliphatic carbocycles. The predicted octanol–water partition coefficient (Wildman–Crippen LogP) is 2.38. The Hall–Kier alpha value is -1.16. The van der Waals surface area contributed by atoms with E-state index in [1.807, 2.05) is 18.2 Å². The maximum absolute atomic E-state index is 10.2. The molecule has 0 spiro atoms. The number of benzene rings is 1. The number of thioether (sulfide) groups is 1. The van der Waals surface area contributed by atoms with Gasteiger partial charge in [0.25, 0.3) is 0 Å². The van der Waals surface area contributed by atoms with Crippen molar-refractivity contribution >= 4 is 18.0 Å². The molecule has 4 heteroatoms. The fraction of sp³-hybridized carbons (Fsp3) is 0.364. The van der Waals surface area contributed by atoms with Crippen molar-refractivity contribution in [3.8, 4) is 11.5 Å². The number of carbonyl (C=O) groups excluding carboxylic acids is 1. The summed E-state index contributed by atoms with van der Waals surface area (Å²) in [4.78, 5) is 11.2. The van der Waals surface area contributed by atoms with Gasteiger partial charge in [-0.05, 0) is 18.2 Å². The zero-order valence-corrected chi connectivity index (χ0v) is 9.67. The van der Waals surface area contributed by atoms with Gasteiger partial charge in [0.05, 0.1) is 19.1 Å². The minimum absolute atomic E-state index is 0.547. The third-order valence-corrected chi connectivity index (χ3v) is 2.93. The van der Waals surface area contributed by atoms with Crippen LogP contribution in [0.25, 0.3) is 0 Å². The van der Waals surface area contributed by atoms with Gasteiger partial charge in [-0.1, -0.05) is 0 Å². The van der Waals surface area contributed by atoms with Crippen LogP contribution in [-0.4, -0.2) is 26.3 Å². The van der Waals surface area contributed by atoms with Crippen LogP contribution in [0.2, 0.25) is 0 Å². The second-order valence-electron chi connectivity index (χ2n) is 2.82. The lowest BCUT2D eigenvalue weighted by Gasteiger charge is -2.09. The molecule has 1 aromatic carbocycles. The van der Waals surface area contributed by atoms with Gasteiger partial charge in [-0.25, -0.2) is 0 Å². The number of aldehydes is 1. The number of carbonyl (C=O) groups is 1. The highest BCUT2D eigenvalue weighted by Crippen LogP contribution is 2.32. The van der Waals surface area contributed by atoms with Crippen LogP contribution >= 0.6 is 11.8 Å². The third kappa shape index (κ3) is 3.47. The van der Waals surface area contributed by atoms with E-state index in [4.69, 9.17) is 9.47 Å². The van der Waals surface area contributed by atoms with E-state index in [-0.39, 0.29) is 0 Å². The number of ether oxygens (including phenoxy) is 2. The molecule has 0 bridgehead atoms. The first-order valence-electron chi connectivity index (χ1n) is 4.60. The van der Waals surface area contributed by atoms with Crippen LogP contribution in [0.1, 0.15) is 6.42 Å². The molecule has 0 unspecified atom stereocenters. The van der Waals surface area contributed by atoms with Gasteiger partial charge in [0.1, 0.15) is 17.8 Å². The van der Waals surface area contributed by atoms with Crippen LogP contribution in [-0.2, 0) is 4.79 Å². The SMILES string of the molecule is COc1ccc(OC)c(SCCC=O)c1. The van der Waals surface area contributed by atoms with Gasteiger partial charge in [-0.15, -0.1) is 11.8 Å². The smallest absolute Gasteiger partial charge is 0.132 e. The van der Waals surface area contributed by atoms with Gasteiger partial charge in [-0.2, -0.15) is 0 Å². The molecule has 0 fully saturated rings. The monoisotopic (exact) mass is 226 g/mol. The largest absolute Gasteiger partial charge is 0.497 e. The molecule has 82 valence electrons. The summed E-state index contributed by atoms with van der Waals surface area (Å²) < 4.78 is 10.3. The van der Waals surface area contributed by atoms with Crippen molar-refractivity contribution in [2.75, 3.05) is 20.0 Å². The average Bonchev–Trinajstić information content (AvgIpc) is 2.29.